The maximum atomic E-state index is 12.7. The van der Waals surface area contributed by atoms with Gasteiger partial charge >= 0.3 is 0 Å². The van der Waals surface area contributed by atoms with Gasteiger partial charge in [0.1, 0.15) is 0 Å². The first-order valence-electron chi connectivity index (χ1n) is 8.67. The van der Waals surface area contributed by atoms with Crippen LogP contribution in [0, 0.1) is 17.8 Å². The Labute approximate surface area is 124 Å². The molecule has 1 heterocycles. The minimum atomic E-state index is 0.319. The quantitative estimate of drug-likeness (QED) is 0.858. The average Bonchev–Trinajstić information content (AvgIpc) is 2.48. The summed E-state index contributed by atoms with van der Waals surface area (Å²) >= 11 is 0. The van der Waals surface area contributed by atoms with Gasteiger partial charge in [0.05, 0.1) is 0 Å². The van der Waals surface area contributed by atoms with Crippen LogP contribution in [0.1, 0.15) is 59.3 Å². The molecule has 0 bridgehead atoms. The van der Waals surface area contributed by atoms with Gasteiger partial charge in [0.25, 0.3) is 0 Å². The lowest BCUT2D eigenvalue weighted by Crippen LogP contribution is -2.52. The lowest BCUT2D eigenvalue weighted by Gasteiger charge is -2.40. The summed E-state index contributed by atoms with van der Waals surface area (Å²) in [6, 6.07) is 0.612. The molecule has 2 fully saturated rings. The van der Waals surface area contributed by atoms with Gasteiger partial charge in [-0.25, -0.2) is 0 Å². The highest BCUT2D eigenvalue weighted by Crippen LogP contribution is 2.31. The molecule has 20 heavy (non-hydrogen) atoms. The van der Waals surface area contributed by atoms with Gasteiger partial charge in [-0.05, 0) is 50.5 Å². The SMILES string of the molecule is CCNC1CCN(C(=O)C2CCC(C)CC2)CC1CC. The van der Waals surface area contributed by atoms with Gasteiger partial charge in [-0.3, -0.25) is 4.79 Å². The molecule has 1 saturated carbocycles. The van der Waals surface area contributed by atoms with E-state index in [1.54, 1.807) is 0 Å². The van der Waals surface area contributed by atoms with Crippen LogP contribution in [0.15, 0.2) is 0 Å². The topological polar surface area (TPSA) is 32.3 Å². The van der Waals surface area contributed by atoms with Gasteiger partial charge in [0.2, 0.25) is 5.91 Å². The molecule has 2 aliphatic rings. The van der Waals surface area contributed by atoms with E-state index in [2.05, 4.69) is 31.0 Å². The van der Waals surface area contributed by atoms with Crippen LogP contribution in [-0.2, 0) is 4.79 Å². The van der Waals surface area contributed by atoms with E-state index in [-0.39, 0.29) is 0 Å². The molecule has 3 nitrogen and oxygen atoms in total. The van der Waals surface area contributed by atoms with E-state index in [4.69, 9.17) is 0 Å². The van der Waals surface area contributed by atoms with E-state index in [9.17, 15) is 4.79 Å². The van der Waals surface area contributed by atoms with E-state index in [1.165, 1.54) is 19.3 Å². The van der Waals surface area contributed by atoms with E-state index >= 15 is 0 Å². The number of rotatable bonds is 4. The van der Waals surface area contributed by atoms with Crippen molar-refractivity contribution in [2.24, 2.45) is 17.8 Å². The number of likely N-dealkylation sites (tertiary alicyclic amines) is 1. The Balaban J connectivity index is 1.88. The zero-order valence-electron chi connectivity index (χ0n) is 13.5. The fraction of sp³-hybridized carbons (Fsp3) is 0.941. The second-order valence-corrected chi connectivity index (χ2v) is 6.86. The van der Waals surface area contributed by atoms with Crippen LogP contribution in [0.3, 0.4) is 0 Å². The van der Waals surface area contributed by atoms with E-state index in [0.717, 1.165) is 44.8 Å². The van der Waals surface area contributed by atoms with Crippen molar-refractivity contribution in [3.05, 3.63) is 0 Å². The molecule has 1 aliphatic heterocycles. The van der Waals surface area contributed by atoms with E-state index < -0.39 is 0 Å². The molecule has 2 unspecified atom stereocenters. The Morgan fingerprint density at radius 2 is 1.85 bits per heavy atom. The lowest BCUT2D eigenvalue weighted by atomic mass is 9.81. The van der Waals surface area contributed by atoms with Crippen molar-refractivity contribution >= 4 is 5.91 Å². The fourth-order valence-electron chi connectivity index (χ4n) is 3.94. The van der Waals surface area contributed by atoms with Gasteiger partial charge in [-0.1, -0.05) is 27.2 Å². The van der Waals surface area contributed by atoms with Crippen LogP contribution in [-0.4, -0.2) is 36.5 Å². The zero-order chi connectivity index (χ0) is 14.5. The first-order valence-corrected chi connectivity index (χ1v) is 8.67. The Hall–Kier alpha value is -0.570. The number of nitrogens with one attached hydrogen (secondary N) is 1. The van der Waals surface area contributed by atoms with Crippen molar-refractivity contribution in [1.82, 2.24) is 10.2 Å². The van der Waals surface area contributed by atoms with Crippen molar-refractivity contribution in [2.45, 2.75) is 65.3 Å². The average molecular weight is 280 g/mol. The second kappa shape index (κ2) is 7.44. The van der Waals surface area contributed by atoms with Crippen LogP contribution in [0.4, 0.5) is 0 Å². The van der Waals surface area contributed by atoms with Crippen LogP contribution in [0.25, 0.3) is 0 Å². The maximum Gasteiger partial charge on any atom is 0.225 e. The van der Waals surface area contributed by atoms with Gasteiger partial charge in [0.15, 0.2) is 0 Å². The number of piperidine rings is 1. The number of hydrogen-bond donors (Lipinski definition) is 1. The summed E-state index contributed by atoms with van der Waals surface area (Å²) in [6.45, 7) is 9.71. The molecule has 1 saturated heterocycles. The monoisotopic (exact) mass is 280 g/mol. The minimum absolute atomic E-state index is 0.319. The Morgan fingerprint density at radius 1 is 1.15 bits per heavy atom. The summed E-state index contributed by atoms with van der Waals surface area (Å²) in [5.41, 5.74) is 0. The molecular weight excluding hydrogens is 248 g/mol. The molecule has 1 aliphatic carbocycles. The predicted octanol–water partition coefficient (Wildman–Crippen LogP) is 3.05. The molecule has 0 aromatic carbocycles. The molecule has 0 aromatic heterocycles. The molecule has 2 rings (SSSR count). The smallest absolute Gasteiger partial charge is 0.225 e. The first kappa shape index (κ1) is 15.8. The summed E-state index contributed by atoms with van der Waals surface area (Å²) < 4.78 is 0. The van der Waals surface area contributed by atoms with E-state index in [1.807, 2.05) is 0 Å². The molecule has 1 N–H and O–H groups in total. The summed E-state index contributed by atoms with van der Waals surface area (Å²) in [5.74, 6) is 2.22. The van der Waals surface area contributed by atoms with Crippen LogP contribution >= 0.6 is 0 Å². The molecule has 3 heteroatoms. The maximum absolute atomic E-state index is 12.7. The highest BCUT2D eigenvalue weighted by atomic mass is 16.2. The first-order chi connectivity index (χ1) is 9.65. The van der Waals surface area contributed by atoms with Crippen molar-refractivity contribution < 1.29 is 4.79 Å². The molecule has 2 atom stereocenters. The van der Waals surface area contributed by atoms with Crippen LogP contribution < -0.4 is 5.32 Å². The van der Waals surface area contributed by atoms with Gasteiger partial charge in [-0.15, -0.1) is 0 Å². The third-order valence-electron chi connectivity index (χ3n) is 5.40. The minimum Gasteiger partial charge on any atom is -0.342 e. The highest BCUT2D eigenvalue weighted by Gasteiger charge is 2.33. The molecule has 0 spiro atoms. The van der Waals surface area contributed by atoms with Gasteiger partial charge in [0, 0.05) is 25.0 Å². The Kier molecular flexibility index (Phi) is 5.88. The zero-order valence-corrected chi connectivity index (χ0v) is 13.5. The van der Waals surface area contributed by atoms with Gasteiger partial charge < -0.3 is 10.2 Å². The number of carbonyl (C=O) groups is 1. The summed E-state index contributed by atoms with van der Waals surface area (Å²) in [7, 11) is 0. The lowest BCUT2D eigenvalue weighted by molar-refractivity contribution is -0.139. The Bertz CT molecular complexity index is 310. The third-order valence-corrected chi connectivity index (χ3v) is 5.40. The number of amides is 1. The Morgan fingerprint density at radius 3 is 2.45 bits per heavy atom. The number of carbonyl (C=O) groups excluding carboxylic acids is 1. The largest absolute Gasteiger partial charge is 0.342 e. The summed E-state index contributed by atoms with van der Waals surface area (Å²) in [4.78, 5) is 14.9. The van der Waals surface area contributed by atoms with Crippen molar-refractivity contribution in [3.63, 3.8) is 0 Å². The van der Waals surface area contributed by atoms with Crippen molar-refractivity contribution in [2.75, 3.05) is 19.6 Å². The van der Waals surface area contributed by atoms with Gasteiger partial charge in [-0.2, -0.15) is 0 Å². The van der Waals surface area contributed by atoms with Crippen molar-refractivity contribution in [3.8, 4) is 0 Å². The number of hydrogen-bond acceptors (Lipinski definition) is 2. The molecular formula is C17H32N2O. The second-order valence-electron chi connectivity index (χ2n) is 6.86. The summed E-state index contributed by atoms with van der Waals surface area (Å²) in [5, 5.41) is 3.59. The third kappa shape index (κ3) is 3.75. The van der Waals surface area contributed by atoms with Crippen molar-refractivity contribution in [1.29, 1.82) is 0 Å². The standard InChI is InChI=1S/C17H32N2O/c1-4-14-12-19(11-10-16(14)18-5-2)17(20)15-8-6-13(3)7-9-15/h13-16,18H,4-12H2,1-3H3. The van der Waals surface area contributed by atoms with Crippen LogP contribution in [0.2, 0.25) is 0 Å². The van der Waals surface area contributed by atoms with E-state index in [0.29, 0.717) is 23.8 Å². The highest BCUT2D eigenvalue weighted by molar-refractivity contribution is 5.79. The van der Waals surface area contributed by atoms with Crippen LogP contribution in [0.5, 0.6) is 0 Å². The summed E-state index contributed by atoms with van der Waals surface area (Å²) in [6.07, 6.45) is 7.00. The molecule has 0 radical (unpaired) electrons. The molecule has 1 amide bonds. The fourth-order valence-corrected chi connectivity index (χ4v) is 3.94. The molecule has 0 aromatic rings. The molecule has 116 valence electrons. The normalized spacial score (nSPS) is 35.0. The predicted molar refractivity (Wildman–Crippen MR) is 83.6 cm³/mol. The number of nitrogens with zero attached hydrogens (tertiary/aromatic N) is 1.